The summed E-state index contributed by atoms with van der Waals surface area (Å²) in [6.07, 6.45) is 10.7. The number of nitrogens with two attached hydrogens (primary N) is 2. The maximum atomic E-state index is 13.9. The first kappa shape index (κ1) is 48.2. The fourth-order valence-electron chi connectivity index (χ4n) is 7.62. The van der Waals surface area contributed by atoms with Crippen LogP contribution in [-0.2, 0) is 37.5 Å². The Morgan fingerprint density at radius 2 is 1.25 bits per heavy atom. The lowest BCUT2D eigenvalue weighted by atomic mass is 10.1. The molecule has 23 nitrogen and oxygen atoms in total. The Balaban J connectivity index is 1.22. The molecule has 0 unspecified atom stereocenters. The molecule has 7 N–H and O–H groups in total. The van der Waals surface area contributed by atoms with Crippen LogP contribution in [0, 0.1) is 13.8 Å². The minimum absolute atomic E-state index is 0.00803. The van der Waals surface area contributed by atoms with Gasteiger partial charge in [0.25, 0.3) is 11.8 Å². The number of carboxylic acids is 1. The van der Waals surface area contributed by atoms with Crippen molar-refractivity contribution in [2.24, 2.45) is 11.5 Å². The van der Waals surface area contributed by atoms with E-state index in [0.717, 1.165) is 5.69 Å². The van der Waals surface area contributed by atoms with Crippen molar-refractivity contribution in [1.82, 2.24) is 48.4 Å². The summed E-state index contributed by atoms with van der Waals surface area (Å²) in [6, 6.07) is 9.40. The topological polar surface area (TPSA) is 292 Å². The summed E-state index contributed by atoms with van der Waals surface area (Å²) >= 11 is 0. The Kier molecular flexibility index (Phi) is 14.5. The smallest absolute Gasteiger partial charge is 0.305 e. The Hall–Kier alpha value is -8.76. The second-order valence-electron chi connectivity index (χ2n) is 15.8. The predicted octanol–water partition coefficient (Wildman–Crippen LogP) is 4.15. The highest BCUT2D eigenvalue weighted by molar-refractivity contribution is 6.05. The van der Waals surface area contributed by atoms with Gasteiger partial charge in [0.15, 0.2) is 0 Å². The molecule has 0 aliphatic rings. The molecule has 360 valence electrons. The molecule has 7 rings (SSSR count). The number of fused-ring (bicyclic) bond motifs is 2. The number of imidazole rings is 2. The van der Waals surface area contributed by atoms with E-state index in [1.807, 2.05) is 32.1 Å². The first-order valence-corrected chi connectivity index (χ1v) is 21.9. The molecule has 4 amide bonds. The van der Waals surface area contributed by atoms with E-state index in [9.17, 15) is 24.0 Å². The summed E-state index contributed by atoms with van der Waals surface area (Å²) < 4.78 is 20.3. The van der Waals surface area contributed by atoms with Gasteiger partial charge in [0, 0.05) is 57.1 Å². The number of aromatic nitrogens is 10. The molecule has 23 heteroatoms. The third kappa shape index (κ3) is 10.8. The zero-order valence-electron chi connectivity index (χ0n) is 39.0. The standard InChI is InChI=1S/C46H53N15O8/c1-7-60-34(19-27(3)54-60)43(66)52-45-50-32-21-29(41(47)64)23-36(68-6)39(32)58(45)15-9-10-16-59-40-33(51-46(59)53-44(67)35-20-28(4)55-61(35)8-2)22-30(42(48)65)24-37(40)69-18-12-11-14-57-26-31(25-49-57)56(5)17-13-38(62)63/h9-12,19-26H,7-8,13-18H2,1-6H3,(H2,47,64)(H2,48,65)(H,62,63)(H,50,52,66)(H,51,53,67)/b10-9+,12-11+. The minimum Gasteiger partial charge on any atom is -0.494 e. The normalized spacial score (nSPS) is 11.6. The van der Waals surface area contributed by atoms with Crippen LogP contribution < -0.4 is 36.5 Å². The van der Waals surface area contributed by atoms with Crippen LogP contribution in [0.15, 0.2) is 73.1 Å². The predicted molar refractivity (Wildman–Crippen MR) is 256 cm³/mol. The van der Waals surface area contributed by atoms with Crippen molar-refractivity contribution >= 4 is 69.2 Å². The van der Waals surface area contributed by atoms with Gasteiger partial charge in [-0.15, -0.1) is 0 Å². The highest BCUT2D eigenvalue weighted by atomic mass is 16.5. The average Bonchev–Trinajstić information content (AvgIpc) is 4.16. The zero-order chi connectivity index (χ0) is 49.5. The number of carboxylic acid groups (broad SMARTS) is 1. The van der Waals surface area contributed by atoms with Gasteiger partial charge in [0.1, 0.15) is 40.5 Å². The molecule has 0 fully saturated rings. The van der Waals surface area contributed by atoms with Gasteiger partial charge in [-0.25, -0.2) is 9.97 Å². The maximum absolute atomic E-state index is 13.9. The Labute approximate surface area is 395 Å². The number of aliphatic carboxylic acids is 1. The van der Waals surface area contributed by atoms with Crippen molar-refractivity contribution in [1.29, 1.82) is 0 Å². The van der Waals surface area contributed by atoms with E-state index in [0.29, 0.717) is 76.8 Å². The zero-order valence-corrected chi connectivity index (χ0v) is 39.0. The van der Waals surface area contributed by atoms with Crippen LogP contribution in [0.1, 0.15) is 73.3 Å². The van der Waals surface area contributed by atoms with E-state index >= 15 is 0 Å². The number of rotatable bonds is 22. The first-order valence-electron chi connectivity index (χ1n) is 21.9. The molecular formula is C46H53N15O8. The van der Waals surface area contributed by atoms with Crippen molar-refractivity contribution in [3.8, 4) is 11.5 Å². The lowest BCUT2D eigenvalue weighted by Crippen LogP contribution is -2.20. The Morgan fingerprint density at radius 1 is 0.739 bits per heavy atom. The number of anilines is 3. The van der Waals surface area contributed by atoms with Crippen LogP contribution in [0.4, 0.5) is 17.6 Å². The lowest BCUT2D eigenvalue weighted by molar-refractivity contribution is -0.136. The van der Waals surface area contributed by atoms with E-state index in [4.69, 9.17) is 36.0 Å². The van der Waals surface area contributed by atoms with E-state index in [1.54, 1.807) is 79.6 Å². The number of primary amides is 2. The lowest BCUT2D eigenvalue weighted by Gasteiger charge is -2.14. The summed E-state index contributed by atoms with van der Waals surface area (Å²) in [5.74, 6) is -2.38. The molecule has 0 spiro atoms. The van der Waals surface area contributed by atoms with Crippen LogP contribution in [0.5, 0.6) is 11.5 Å². The van der Waals surface area contributed by atoms with E-state index in [-0.39, 0.29) is 54.9 Å². The van der Waals surface area contributed by atoms with Crippen LogP contribution in [0.2, 0.25) is 0 Å². The molecule has 2 aromatic carbocycles. The molecule has 0 aliphatic heterocycles. The van der Waals surface area contributed by atoms with Crippen molar-refractivity contribution in [2.45, 2.75) is 66.8 Å². The molecule has 0 radical (unpaired) electrons. The number of carbonyl (C=O) groups excluding carboxylic acids is 4. The van der Waals surface area contributed by atoms with E-state index in [2.05, 4.69) is 25.9 Å². The maximum Gasteiger partial charge on any atom is 0.305 e. The highest BCUT2D eigenvalue weighted by Gasteiger charge is 2.24. The summed E-state index contributed by atoms with van der Waals surface area (Å²) in [5.41, 5.74) is 16.0. The molecule has 0 atom stereocenters. The van der Waals surface area contributed by atoms with Crippen molar-refractivity contribution in [3.63, 3.8) is 0 Å². The highest BCUT2D eigenvalue weighted by Crippen LogP contribution is 2.33. The van der Waals surface area contributed by atoms with Crippen LogP contribution in [-0.4, -0.2) is 110 Å². The van der Waals surface area contributed by atoms with Crippen LogP contribution in [0.3, 0.4) is 0 Å². The molecule has 0 saturated heterocycles. The largest absolute Gasteiger partial charge is 0.494 e. The molecule has 7 aromatic rings. The summed E-state index contributed by atoms with van der Waals surface area (Å²) in [6.45, 7) is 9.23. The van der Waals surface area contributed by atoms with Crippen LogP contribution >= 0.6 is 0 Å². The number of carbonyl (C=O) groups is 5. The Morgan fingerprint density at radius 3 is 1.74 bits per heavy atom. The second-order valence-corrected chi connectivity index (χ2v) is 15.8. The molecule has 0 saturated carbocycles. The quantitative estimate of drug-likeness (QED) is 0.0597. The molecule has 0 bridgehead atoms. The van der Waals surface area contributed by atoms with Crippen LogP contribution in [0.25, 0.3) is 22.1 Å². The van der Waals surface area contributed by atoms with Gasteiger partial charge in [-0.3, -0.25) is 48.7 Å². The minimum atomic E-state index is -0.888. The summed E-state index contributed by atoms with van der Waals surface area (Å²) in [4.78, 5) is 74.8. The van der Waals surface area contributed by atoms with Gasteiger partial charge in [-0.2, -0.15) is 15.3 Å². The fraction of sp³-hybridized carbons (Fsp3) is 0.304. The Bertz CT molecular complexity index is 3150. The van der Waals surface area contributed by atoms with Crippen molar-refractivity contribution < 1.29 is 38.6 Å². The van der Waals surface area contributed by atoms with Gasteiger partial charge in [-0.05, 0) is 70.2 Å². The van der Waals surface area contributed by atoms with Gasteiger partial charge in [0.05, 0.1) is 54.4 Å². The van der Waals surface area contributed by atoms with Gasteiger partial charge >= 0.3 is 5.97 Å². The molecule has 0 aliphatic carbocycles. The van der Waals surface area contributed by atoms with Gasteiger partial charge in [0.2, 0.25) is 23.7 Å². The molecule has 5 aromatic heterocycles. The summed E-state index contributed by atoms with van der Waals surface area (Å²) in [5, 5.41) is 28.1. The summed E-state index contributed by atoms with van der Waals surface area (Å²) in [7, 11) is 3.24. The van der Waals surface area contributed by atoms with Gasteiger partial charge in [-0.1, -0.05) is 18.2 Å². The molecule has 69 heavy (non-hydrogen) atoms. The average molecular weight is 944 g/mol. The molecular weight excluding hydrogens is 891 g/mol. The number of nitrogens with one attached hydrogen (secondary N) is 2. The number of amides is 4. The second kappa shape index (κ2) is 20.8. The third-order valence-corrected chi connectivity index (χ3v) is 11.0. The molecule has 5 heterocycles. The number of allylic oxidation sites excluding steroid dienone is 3. The number of aryl methyl sites for hydroxylation is 4. The SMILES string of the molecule is CCn1nc(C)cc1C(=O)Nc1nc2cc(C(N)=O)cc(OC)c2n1C/C=C/Cn1c(NC(=O)c2cc(C)nn2CC)nc2cc(C(N)=O)cc(OC/C=C/Cn3cc(N(C)CCC(=O)O)cn3)c21. The van der Waals surface area contributed by atoms with Crippen molar-refractivity contribution in [2.75, 3.05) is 42.8 Å². The monoisotopic (exact) mass is 943 g/mol. The number of methoxy groups -OCH3 is 1. The number of hydrogen-bond donors (Lipinski definition) is 5. The number of ether oxygens (including phenoxy) is 2. The van der Waals surface area contributed by atoms with E-state index in [1.165, 1.54) is 31.4 Å². The third-order valence-electron chi connectivity index (χ3n) is 11.0. The first-order chi connectivity index (χ1) is 33.1. The number of nitrogens with zero attached hydrogens (tertiary/aromatic N) is 11. The number of benzene rings is 2. The van der Waals surface area contributed by atoms with Crippen molar-refractivity contribution in [3.05, 3.63) is 107 Å². The fourth-order valence-corrected chi connectivity index (χ4v) is 7.62. The number of hydrogen-bond acceptors (Lipinski definition) is 13. The van der Waals surface area contributed by atoms with Gasteiger partial charge < -0.3 is 40.1 Å². The van der Waals surface area contributed by atoms with E-state index < -0.39 is 29.6 Å².